The summed E-state index contributed by atoms with van der Waals surface area (Å²) in [6.45, 7) is 0.913. The number of hydrogen-bond donors (Lipinski definition) is 0. The minimum absolute atomic E-state index is 0.0628. The quantitative estimate of drug-likeness (QED) is 0.850. The largest absolute Gasteiger partial charge is 0.316 e. The molecule has 2 aromatic rings. The molecule has 124 valence electrons. The maximum atomic E-state index is 12.5. The van der Waals surface area contributed by atoms with Gasteiger partial charge >= 0.3 is 0 Å². The van der Waals surface area contributed by atoms with Gasteiger partial charge in [0.2, 0.25) is 5.95 Å². The molecule has 3 heterocycles. The van der Waals surface area contributed by atoms with Crippen LogP contribution in [0.3, 0.4) is 0 Å². The highest BCUT2D eigenvalue weighted by Crippen LogP contribution is 2.36. The summed E-state index contributed by atoms with van der Waals surface area (Å²) in [5.74, 6) is 1.32. The Bertz CT molecular complexity index is 827. The highest BCUT2D eigenvalue weighted by Gasteiger charge is 2.29. The van der Waals surface area contributed by atoms with Crippen LogP contribution in [0.15, 0.2) is 41.2 Å². The average molecular weight is 323 g/mol. The molecule has 2 aliphatic rings. The molecule has 1 aliphatic heterocycles. The van der Waals surface area contributed by atoms with Gasteiger partial charge in [0, 0.05) is 31.6 Å². The van der Waals surface area contributed by atoms with Gasteiger partial charge in [0.15, 0.2) is 0 Å². The van der Waals surface area contributed by atoms with Crippen LogP contribution in [0.25, 0.3) is 11.4 Å². The molecule has 0 spiro atoms. The van der Waals surface area contributed by atoms with Gasteiger partial charge in [0.1, 0.15) is 6.33 Å². The number of aromatic nitrogens is 4. The second-order valence-corrected chi connectivity index (χ2v) is 6.48. The second-order valence-electron chi connectivity index (χ2n) is 6.48. The molecule has 1 saturated heterocycles. The number of hydrogen-bond acceptors (Lipinski definition) is 5. The third-order valence-electron chi connectivity index (χ3n) is 4.97. The fourth-order valence-corrected chi connectivity index (χ4v) is 3.73. The Hall–Kier alpha value is -2.50. The van der Waals surface area contributed by atoms with Crippen molar-refractivity contribution >= 4 is 5.95 Å². The zero-order valence-corrected chi connectivity index (χ0v) is 13.9. The average Bonchev–Trinajstić information content (AvgIpc) is 2.64. The standard InChI is InChI=1S/C18H21N5O/c1-22-17(24)11-15(14-8-9-19-12-20-14)21-18(22)23-10-4-6-13-5-2-3-7-16(13)23/h7-9,11-13H,2-6,10H2,1H3. The van der Waals surface area contributed by atoms with Crippen LogP contribution in [0.5, 0.6) is 0 Å². The first kappa shape index (κ1) is 15.1. The maximum absolute atomic E-state index is 12.5. The molecule has 4 rings (SSSR count). The predicted molar refractivity (Wildman–Crippen MR) is 92.5 cm³/mol. The predicted octanol–water partition coefficient (Wildman–Crippen LogP) is 2.52. The van der Waals surface area contributed by atoms with Gasteiger partial charge in [-0.25, -0.2) is 15.0 Å². The van der Waals surface area contributed by atoms with Gasteiger partial charge in [-0.05, 0) is 44.1 Å². The first-order valence-corrected chi connectivity index (χ1v) is 8.56. The van der Waals surface area contributed by atoms with Crippen LogP contribution in [-0.2, 0) is 7.05 Å². The van der Waals surface area contributed by atoms with Crippen molar-refractivity contribution in [1.29, 1.82) is 0 Å². The molecule has 0 amide bonds. The minimum atomic E-state index is -0.0628. The zero-order chi connectivity index (χ0) is 16.5. The Labute approximate surface area is 140 Å². The van der Waals surface area contributed by atoms with Gasteiger partial charge in [-0.2, -0.15) is 0 Å². The molecule has 1 aliphatic carbocycles. The SMILES string of the molecule is Cn1c(N2CCCC3CCCC=C32)nc(-c2ccncn2)cc1=O. The van der Waals surface area contributed by atoms with Crippen LogP contribution >= 0.6 is 0 Å². The lowest BCUT2D eigenvalue weighted by Gasteiger charge is -2.39. The van der Waals surface area contributed by atoms with Crippen molar-refractivity contribution in [2.24, 2.45) is 13.0 Å². The van der Waals surface area contributed by atoms with Gasteiger partial charge in [-0.3, -0.25) is 9.36 Å². The van der Waals surface area contributed by atoms with E-state index in [2.05, 4.69) is 20.9 Å². The van der Waals surface area contributed by atoms with Crippen molar-refractivity contribution in [3.05, 3.63) is 46.8 Å². The lowest BCUT2D eigenvalue weighted by atomic mass is 9.85. The Balaban J connectivity index is 1.81. The third-order valence-corrected chi connectivity index (χ3v) is 4.97. The van der Waals surface area contributed by atoms with Crippen molar-refractivity contribution in [1.82, 2.24) is 19.5 Å². The molecule has 1 unspecified atom stereocenters. The molecule has 6 nitrogen and oxygen atoms in total. The van der Waals surface area contributed by atoms with E-state index in [-0.39, 0.29) is 5.56 Å². The lowest BCUT2D eigenvalue weighted by molar-refractivity contribution is 0.413. The van der Waals surface area contributed by atoms with Crippen LogP contribution in [0, 0.1) is 5.92 Å². The first-order valence-electron chi connectivity index (χ1n) is 8.56. The monoisotopic (exact) mass is 323 g/mol. The fourth-order valence-electron chi connectivity index (χ4n) is 3.73. The number of fused-ring (bicyclic) bond motifs is 1. The van der Waals surface area contributed by atoms with E-state index < -0.39 is 0 Å². The van der Waals surface area contributed by atoms with E-state index in [1.807, 2.05) is 0 Å². The second kappa shape index (κ2) is 6.19. The van der Waals surface area contributed by atoms with Crippen molar-refractivity contribution in [3.8, 4) is 11.4 Å². The molecule has 0 saturated carbocycles. The highest BCUT2D eigenvalue weighted by atomic mass is 16.1. The van der Waals surface area contributed by atoms with E-state index in [4.69, 9.17) is 4.98 Å². The summed E-state index contributed by atoms with van der Waals surface area (Å²) in [5.41, 5.74) is 2.56. The molecule has 0 bridgehead atoms. The third kappa shape index (κ3) is 2.62. The molecule has 1 fully saturated rings. The van der Waals surface area contributed by atoms with Crippen molar-refractivity contribution in [3.63, 3.8) is 0 Å². The normalized spacial score (nSPS) is 20.5. The topological polar surface area (TPSA) is 63.9 Å². The fraction of sp³-hybridized carbons (Fsp3) is 0.444. The molecule has 0 radical (unpaired) electrons. The molecule has 0 aromatic carbocycles. The highest BCUT2D eigenvalue weighted by molar-refractivity contribution is 5.56. The number of rotatable bonds is 2. The summed E-state index contributed by atoms with van der Waals surface area (Å²) in [6.07, 6.45) is 11.5. The summed E-state index contributed by atoms with van der Waals surface area (Å²) in [7, 11) is 1.79. The van der Waals surface area contributed by atoms with Crippen molar-refractivity contribution < 1.29 is 0 Å². The molecule has 24 heavy (non-hydrogen) atoms. The molecule has 2 aromatic heterocycles. The van der Waals surface area contributed by atoms with Crippen LogP contribution < -0.4 is 10.5 Å². The molecule has 6 heteroatoms. The van der Waals surface area contributed by atoms with E-state index in [0.717, 1.165) is 19.4 Å². The van der Waals surface area contributed by atoms with Crippen LogP contribution in [-0.4, -0.2) is 26.1 Å². The van der Waals surface area contributed by atoms with Gasteiger partial charge in [0.05, 0.1) is 11.4 Å². The zero-order valence-electron chi connectivity index (χ0n) is 13.9. The summed E-state index contributed by atoms with van der Waals surface area (Å²) in [4.78, 5) is 27.6. The smallest absolute Gasteiger partial charge is 0.255 e. The van der Waals surface area contributed by atoms with Crippen molar-refractivity contribution in [2.75, 3.05) is 11.4 Å². The molecule has 1 atom stereocenters. The Morgan fingerprint density at radius 2 is 2.08 bits per heavy atom. The number of allylic oxidation sites excluding steroid dienone is 2. The number of anilines is 1. The first-order chi connectivity index (χ1) is 11.7. The minimum Gasteiger partial charge on any atom is -0.316 e. The van der Waals surface area contributed by atoms with E-state index in [0.29, 0.717) is 23.3 Å². The Morgan fingerprint density at radius 3 is 2.92 bits per heavy atom. The van der Waals surface area contributed by atoms with Gasteiger partial charge in [-0.1, -0.05) is 6.08 Å². The van der Waals surface area contributed by atoms with Crippen LogP contribution in [0.4, 0.5) is 5.95 Å². The summed E-state index contributed by atoms with van der Waals surface area (Å²) in [5, 5.41) is 0. The van der Waals surface area contributed by atoms with E-state index in [1.54, 1.807) is 29.9 Å². The van der Waals surface area contributed by atoms with E-state index in [9.17, 15) is 4.79 Å². The van der Waals surface area contributed by atoms with E-state index >= 15 is 0 Å². The van der Waals surface area contributed by atoms with Gasteiger partial charge in [-0.15, -0.1) is 0 Å². The number of nitrogens with zero attached hydrogens (tertiary/aromatic N) is 5. The van der Waals surface area contributed by atoms with Crippen molar-refractivity contribution in [2.45, 2.75) is 32.1 Å². The number of piperidine rings is 1. The lowest BCUT2D eigenvalue weighted by Crippen LogP contribution is -2.38. The van der Waals surface area contributed by atoms with Crippen LogP contribution in [0.1, 0.15) is 32.1 Å². The summed E-state index contributed by atoms with van der Waals surface area (Å²) >= 11 is 0. The molecular weight excluding hydrogens is 302 g/mol. The Morgan fingerprint density at radius 1 is 1.21 bits per heavy atom. The summed E-state index contributed by atoms with van der Waals surface area (Å²) in [6, 6.07) is 3.33. The summed E-state index contributed by atoms with van der Waals surface area (Å²) < 4.78 is 1.64. The van der Waals surface area contributed by atoms with Gasteiger partial charge in [0.25, 0.3) is 5.56 Å². The van der Waals surface area contributed by atoms with Gasteiger partial charge < -0.3 is 4.90 Å². The van der Waals surface area contributed by atoms with E-state index in [1.165, 1.54) is 31.3 Å². The molecular formula is C18H21N5O. The van der Waals surface area contributed by atoms with Crippen LogP contribution in [0.2, 0.25) is 0 Å². The Kier molecular flexibility index (Phi) is 3.88. The maximum Gasteiger partial charge on any atom is 0.255 e. The molecule has 0 N–H and O–H groups in total.